The summed E-state index contributed by atoms with van der Waals surface area (Å²) >= 11 is 8.72. The third kappa shape index (κ3) is 5.05. The van der Waals surface area contributed by atoms with Gasteiger partial charge >= 0.3 is 0 Å². The molecule has 0 aliphatic carbocycles. The van der Waals surface area contributed by atoms with Gasteiger partial charge in [-0.15, -0.1) is 0 Å². The van der Waals surface area contributed by atoms with Crippen molar-refractivity contribution in [3.8, 4) is 5.75 Å². The molecule has 1 aliphatic rings. The van der Waals surface area contributed by atoms with Gasteiger partial charge in [0.1, 0.15) is 5.75 Å². The summed E-state index contributed by atoms with van der Waals surface area (Å²) in [6.45, 7) is 2.85. The van der Waals surface area contributed by atoms with Crippen molar-refractivity contribution in [1.29, 1.82) is 0 Å². The average molecular weight is 485 g/mol. The van der Waals surface area contributed by atoms with Crippen LogP contribution in [0.3, 0.4) is 0 Å². The number of nitrogens with zero attached hydrogens (tertiary/aromatic N) is 1. The number of ether oxygens (including phenoxy) is 1. The Morgan fingerprint density at radius 3 is 2.65 bits per heavy atom. The maximum absolute atomic E-state index is 6.43. The first kappa shape index (κ1) is 19.8. The molecule has 0 aromatic heterocycles. The molecule has 2 N–H and O–H groups in total. The molecule has 2 aromatic carbocycles. The van der Waals surface area contributed by atoms with Gasteiger partial charge in [0.15, 0.2) is 0 Å². The lowest BCUT2D eigenvalue weighted by molar-refractivity contribution is 0.302. The topological polar surface area (TPSA) is 38.5 Å². The van der Waals surface area contributed by atoms with Gasteiger partial charge in [-0.1, -0.05) is 17.7 Å². The number of aryl methyl sites for hydroxylation is 1. The molecular formula is C21H26ClIN2O. The molecule has 26 heavy (non-hydrogen) atoms. The Hall–Kier alpha value is -0.980. The highest BCUT2D eigenvalue weighted by molar-refractivity contribution is 14.1. The molecule has 3 nitrogen and oxygen atoms in total. The number of unbranched alkanes of at least 4 members (excludes halogenated alkanes) is 1. The maximum atomic E-state index is 6.43. The molecule has 0 fully saturated rings. The second-order valence-corrected chi connectivity index (χ2v) is 8.54. The first-order valence-electron chi connectivity index (χ1n) is 9.20. The van der Waals surface area contributed by atoms with Crippen LogP contribution in [-0.2, 0) is 19.3 Å². The van der Waals surface area contributed by atoms with E-state index in [0.29, 0.717) is 0 Å². The molecule has 0 radical (unpaired) electrons. The first-order valence-corrected chi connectivity index (χ1v) is 10.7. The van der Waals surface area contributed by atoms with Gasteiger partial charge in [0.2, 0.25) is 0 Å². The van der Waals surface area contributed by atoms with Crippen molar-refractivity contribution in [3.05, 3.63) is 55.6 Å². The van der Waals surface area contributed by atoms with Crippen molar-refractivity contribution in [2.45, 2.75) is 32.1 Å². The van der Waals surface area contributed by atoms with E-state index in [9.17, 15) is 0 Å². The maximum Gasteiger partial charge on any atom is 0.122 e. The van der Waals surface area contributed by atoms with E-state index < -0.39 is 0 Å². The van der Waals surface area contributed by atoms with Crippen molar-refractivity contribution in [2.75, 3.05) is 32.5 Å². The second kappa shape index (κ2) is 9.29. The summed E-state index contributed by atoms with van der Waals surface area (Å²) in [6, 6.07) is 10.3. The van der Waals surface area contributed by atoms with Crippen LogP contribution in [-0.4, -0.2) is 31.6 Å². The highest BCUT2D eigenvalue weighted by Gasteiger charge is 2.18. The molecule has 0 atom stereocenters. The summed E-state index contributed by atoms with van der Waals surface area (Å²) in [4.78, 5) is 2.36. The summed E-state index contributed by atoms with van der Waals surface area (Å²) in [5.41, 5.74) is 10.6. The number of hydrogen-bond donors (Lipinski definition) is 1. The van der Waals surface area contributed by atoms with Crippen LogP contribution in [0.25, 0.3) is 0 Å². The van der Waals surface area contributed by atoms with Crippen LogP contribution in [0.15, 0.2) is 30.3 Å². The summed E-state index contributed by atoms with van der Waals surface area (Å²) in [6.07, 6.45) is 5.21. The number of halogens is 2. The Balaban J connectivity index is 1.53. The zero-order chi connectivity index (χ0) is 18.5. The third-order valence-electron chi connectivity index (χ3n) is 5.00. The standard InChI is InChI=1S/C21H26ClIN2O/c1-25-11-9-16-17(10-12-25)21(8-6-18(16)22)26-13-3-2-4-15-5-7-20(24)19(23)14-15/h5-8,14H,2-4,9-13,24H2,1H3. The van der Waals surface area contributed by atoms with Crippen molar-refractivity contribution >= 4 is 39.9 Å². The average Bonchev–Trinajstić information content (AvgIpc) is 2.82. The summed E-state index contributed by atoms with van der Waals surface area (Å²) in [7, 11) is 2.17. The smallest absolute Gasteiger partial charge is 0.122 e. The van der Waals surface area contributed by atoms with Gasteiger partial charge in [-0.25, -0.2) is 0 Å². The zero-order valence-electron chi connectivity index (χ0n) is 15.2. The lowest BCUT2D eigenvalue weighted by atomic mass is 10.0. The minimum absolute atomic E-state index is 0.746. The third-order valence-corrected chi connectivity index (χ3v) is 6.29. The molecule has 0 saturated heterocycles. The van der Waals surface area contributed by atoms with Gasteiger partial charge in [-0.2, -0.15) is 0 Å². The van der Waals surface area contributed by atoms with Gasteiger partial charge in [-0.05, 0) is 97.1 Å². The predicted octanol–water partition coefficient (Wildman–Crippen LogP) is 4.96. The minimum Gasteiger partial charge on any atom is -0.493 e. The molecule has 0 bridgehead atoms. The van der Waals surface area contributed by atoms with E-state index in [1.54, 1.807) is 0 Å². The number of nitrogens with two attached hydrogens (primary N) is 1. The van der Waals surface area contributed by atoms with Crippen LogP contribution in [0.2, 0.25) is 5.02 Å². The number of fused-ring (bicyclic) bond motifs is 1. The number of benzene rings is 2. The fourth-order valence-corrected chi connectivity index (χ4v) is 4.23. The molecule has 5 heteroatoms. The van der Waals surface area contributed by atoms with Gasteiger partial charge in [0.25, 0.3) is 0 Å². The highest BCUT2D eigenvalue weighted by Crippen LogP contribution is 2.31. The van der Waals surface area contributed by atoms with Gasteiger partial charge < -0.3 is 15.4 Å². The highest BCUT2D eigenvalue weighted by atomic mass is 127. The molecule has 1 heterocycles. The molecular weight excluding hydrogens is 459 g/mol. The number of likely N-dealkylation sites (N-methyl/N-ethyl adjacent to an activating group) is 1. The van der Waals surface area contributed by atoms with Crippen molar-refractivity contribution in [2.24, 2.45) is 0 Å². The van der Waals surface area contributed by atoms with E-state index >= 15 is 0 Å². The normalized spacial score (nSPS) is 14.7. The molecule has 0 spiro atoms. The fraction of sp³-hybridized carbons (Fsp3) is 0.429. The van der Waals surface area contributed by atoms with Crippen molar-refractivity contribution in [1.82, 2.24) is 4.90 Å². The van der Waals surface area contributed by atoms with E-state index in [2.05, 4.69) is 46.7 Å². The molecule has 3 rings (SSSR count). The Bertz CT molecular complexity index is 766. The first-order chi connectivity index (χ1) is 12.5. The van der Waals surface area contributed by atoms with E-state index in [1.807, 2.05) is 18.2 Å². The van der Waals surface area contributed by atoms with Crippen LogP contribution in [0.1, 0.15) is 29.5 Å². The van der Waals surface area contributed by atoms with Crippen LogP contribution < -0.4 is 10.5 Å². The Kier molecular flexibility index (Phi) is 7.06. The number of anilines is 1. The Morgan fingerprint density at radius 1 is 1.12 bits per heavy atom. The number of hydrogen-bond acceptors (Lipinski definition) is 3. The SMILES string of the molecule is CN1CCc2c(Cl)ccc(OCCCCc3ccc(N)c(I)c3)c2CC1. The Morgan fingerprint density at radius 2 is 1.88 bits per heavy atom. The van der Waals surface area contributed by atoms with E-state index in [-0.39, 0.29) is 0 Å². The number of rotatable bonds is 6. The lowest BCUT2D eigenvalue weighted by Crippen LogP contribution is -2.20. The van der Waals surface area contributed by atoms with Gasteiger partial charge in [0, 0.05) is 32.9 Å². The van der Waals surface area contributed by atoms with Crippen LogP contribution >= 0.6 is 34.2 Å². The molecule has 0 amide bonds. The van der Waals surface area contributed by atoms with Crippen molar-refractivity contribution in [3.63, 3.8) is 0 Å². The van der Waals surface area contributed by atoms with E-state index in [0.717, 1.165) is 71.8 Å². The predicted molar refractivity (Wildman–Crippen MR) is 118 cm³/mol. The second-order valence-electron chi connectivity index (χ2n) is 6.97. The molecule has 2 aromatic rings. The number of nitrogen functional groups attached to an aromatic ring is 1. The van der Waals surface area contributed by atoms with Crippen LogP contribution in [0, 0.1) is 3.57 Å². The van der Waals surface area contributed by atoms with E-state index in [1.165, 1.54) is 16.7 Å². The lowest BCUT2D eigenvalue weighted by Gasteiger charge is -2.15. The molecule has 140 valence electrons. The van der Waals surface area contributed by atoms with Gasteiger partial charge in [0.05, 0.1) is 6.61 Å². The fourth-order valence-electron chi connectivity index (χ4n) is 3.38. The van der Waals surface area contributed by atoms with Crippen molar-refractivity contribution < 1.29 is 4.74 Å². The molecule has 0 unspecified atom stereocenters. The Labute approximate surface area is 175 Å². The van der Waals surface area contributed by atoms with Crippen LogP contribution in [0.5, 0.6) is 5.75 Å². The minimum atomic E-state index is 0.746. The van der Waals surface area contributed by atoms with E-state index in [4.69, 9.17) is 22.1 Å². The summed E-state index contributed by atoms with van der Waals surface area (Å²) in [5.74, 6) is 1.02. The largest absolute Gasteiger partial charge is 0.493 e. The van der Waals surface area contributed by atoms with Crippen LogP contribution in [0.4, 0.5) is 5.69 Å². The quantitative estimate of drug-likeness (QED) is 0.358. The monoisotopic (exact) mass is 484 g/mol. The molecule has 0 saturated carbocycles. The molecule has 1 aliphatic heterocycles. The summed E-state index contributed by atoms with van der Waals surface area (Å²) in [5, 5.41) is 0.876. The van der Waals surface area contributed by atoms with Gasteiger partial charge in [-0.3, -0.25) is 0 Å². The summed E-state index contributed by atoms with van der Waals surface area (Å²) < 4.78 is 7.26. The zero-order valence-corrected chi connectivity index (χ0v) is 18.1.